The smallest absolute Gasteiger partial charge is 0.420 e. The van der Waals surface area contributed by atoms with Gasteiger partial charge < -0.3 is 4.74 Å². The molecule has 5 nitrogen and oxygen atoms in total. The standard InChI is InChI=1S/C14H14BrN3O2/c1-14(2,3)20-13(19)18-8-9(4-5-16)11-6-10(15)7-17-12(11)18/h6-8H,4H2,1-3H3. The van der Waals surface area contributed by atoms with Crippen LogP contribution in [0.15, 0.2) is 22.9 Å². The number of nitrogens with zero attached hydrogens (tertiary/aromatic N) is 3. The van der Waals surface area contributed by atoms with Gasteiger partial charge in [0.1, 0.15) is 11.2 Å². The van der Waals surface area contributed by atoms with Crippen molar-refractivity contribution in [2.75, 3.05) is 0 Å². The van der Waals surface area contributed by atoms with Gasteiger partial charge in [0.2, 0.25) is 0 Å². The van der Waals surface area contributed by atoms with Crippen LogP contribution >= 0.6 is 15.9 Å². The second-order valence-corrected chi connectivity index (χ2v) is 6.28. The predicted molar refractivity (Wildman–Crippen MR) is 78.4 cm³/mol. The third-order valence-corrected chi connectivity index (χ3v) is 2.99. The maximum atomic E-state index is 12.2. The second-order valence-electron chi connectivity index (χ2n) is 5.36. The average Bonchev–Trinajstić information content (AvgIpc) is 2.66. The van der Waals surface area contributed by atoms with Crippen molar-refractivity contribution < 1.29 is 9.53 Å². The molecule has 0 atom stereocenters. The number of halogens is 1. The number of fused-ring (bicyclic) bond motifs is 1. The van der Waals surface area contributed by atoms with Crippen LogP contribution in [-0.4, -0.2) is 21.2 Å². The zero-order valence-corrected chi connectivity index (χ0v) is 13.1. The van der Waals surface area contributed by atoms with Crippen LogP contribution in [0.2, 0.25) is 0 Å². The van der Waals surface area contributed by atoms with Crippen molar-refractivity contribution in [1.82, 2.24) is 9.55 Å². The van der Waals surface area contributed by atoms with E-state index >= 15 is 0 Å². The Kier molecular flexibility index (Phi) is 3.82. The number of rotatable bonds is 1. The van der Waals surface area contributed by atoms with Crippen molar-refractivity contribution in [2.24, 2.45) is 0 Å². The Bertz CT molecular complexity index is 708. The summed E-state index contributed by atoms with van der Waals surface area (Å²) in [6.45, 7) is 5.41. The first-order valence-electron chi connectivity index (χ1n) is 6.07. The fourth-order valence-electron chi connectivity index (χ4n) is 1.82. The SMILES string of the molecule is CC(C)(C)OC(=O)n1cc(CC#N)c2cc(Br)cnc21. The fraction of sp³-hybridized carbons (Fsp3) is 0.357. The molecule has 0 aliphatic carbocycles. The van der Waals surface area contributed by atoms with Crippen LogP contribution in [0, 0.1) is 11.3 Å². The van der Waals surface area contributed by atoms with E-state index < -0.39 is 11.7 Å². The van der Waals surface area contributed by atoms with E-state index in [1.54, 1.807) is 33.2 Å². The van der Waals surface area contributed by atoms with Crippen molar-refractivity contribution in [3.63, 3.8) is 0 Å². The Morgan fingerprint density at radius 3 is 2.85 bits per heavy atom. The summed E-state index contributed by atoms with van der Waals surface area (Å²) < 4.78 is 7.49. The molecular formula is C14H14BrN3O2. The minimum absolute atomic E-state index is 0.213. The van der Waals surface area contributed by atoms with Gasteiger partial charge in [0.05, 0.1) is 12.5 Å². The summed E-state index contributed by atoms with van der Waals surface area (Å²) in [5.74, 6) is 0. The Balaban J connectivity index is 2.54. The van der Waals surface area contributed by atoms with Gasteiger partial charge in [0.25, 0.3) is 0 Å². The number of pyridine rings is 1. The Morgan fingerprint density at radius 2 is 2.25 bits per heavy atom. The van der Waals surface area contributed by atoms with Crippen LogP contribution in [0.3, 0.4) is 0 Å². The Hall–Kier alpha value is -1.87. The molecule has 0 unspecified atom stereocenters. The van der Waals surface area contributed by atoms with Gasteiger partial charge in [0, 0.05) is 22.3 Å². The lowest BCUT2D eigenvalue weighted by atomic mass is 10.2. The van der Waals surface area contributed by atoms with Gasteiger partial charge in [-0.05, 0) is 48.3 Å². The lowest BCUT2D eigenvalue weighted by Gasteiger charge is -2.19. The first-order chi connectivity index (χ1) is 9.31. The number of carbonyl (C=O) groups excluding carboxylic acids is 1. The fourth-order valence-corrected chi connectivity index (χ4v) is 2.15. The molecule has 2 rings (SSSR count). The zero-order chi connectivity index (χ0) is 14.9. The number of carbonyl (C=O) groups is 1. The molecule has 0 bridgehead atoms. The van der Waals surface area contributed by atoms with Gasteiger partial charge in [0.15, 0.2) is 0 Å². The van der Waals surface area contributed by atoms with E-state index in [1.165, 1.54) is 4.57 Å². The van der Waals surface area contributed by atoms with E-state index in [1.807, 2.05) is 6.07 Å². The molecule has 0 aliphatic heterocycles. The maximum absolute atomic E-state index is 12.2. The lowest BCUT2D eigenvalue weighted by Crippen LogP contribution is -2.26. The zero-order valence-electron chi connectivity index (χ0n) is 11.5. The van der Waals surface area contributed by atoms with Crippen molar-refractivity contribution in [3.05, 3.63) is 28.5 Å². The van der Waals surface area contributed by atoms with Crippen LogP contribution in [0.5, 0.6) is 0 Å². The number of hydrogen-bond acceptors (Lipinski definition) is 4. The predicted octanol–water partition coefficient (Wildman–Crippen LogP) is 3.65. The normalized spacial score (nSPS) is 11.3. The number of hydrogen-bond donors (Lipinski definition) is 0. The molecule has 20 heavy (non-hydrogen) atoms. The van der Waals surface area contributed by atoms with Gasteiger partial charge in [-0.3, -0.25) is 0 Å². The molecule has 0 N–H and O–H groups in total. The minimum atomic E-state index is -0.585. The van der Waals surface area contributed by atoms with Crippen molar-refractivity contribution in [1.29, 1.82) is 5.26 Å². The van der Waals surface area contributed by atoms with Crippen molar-refractivity contribution >= 4 is 33.1 Å². The molecule has 0 saturated heterocycles. The van der Waals surface area contributed by atoms with E-state index in [-0.39, 0.29) is 6.42 Å². The molecule has 6 heteroatoms. The van der Waals surface area contributed by atoms with Gasteiger partial charge >= 0.3 is 6.09 Å². The van der Waals surface area contributed by atoms with Crippen molar-refractivity contribution in [3.8, 4) is 6.07 Å². The molecule has 0 saturated carbocycles. The number of ether oxygens (including phenoxy) is 1. The van der Waals surface area contributed by atoms with E-state index in [2.05, 4.69) is 27.0 Å². The highest BCUT2D eigenvalue weighted by atomic mass is 79.9. The average molecular weight is 336 g/mol. The van der Waals surface area contributed by atoms with Gasteiger partial charge in [-0.15, -0.1) is 0 Å². The first kappa shape index (κ1) is 14.5. The quantitative estimate of drug-likeness (QED) is 0.797. The van der Waals surface area contributed by atoms with Gasteiger partial charge in [-0.1, -0.05) is 0 Å². The topological polar surface area (TPSA) is 67.9 Å². The van der Waals surface area contributed by atoms with E-state index in [0.29, 0.717) is 5.65 Å². The van der Waals surface area contributed by atoms with Crippen molar-refractivity contribution in [2.45, 2.75) is 32.8 Å². The first-order valence-corrected chi connectivity index (χ1v) is 6.87. The summed E-state index contributed by atoms with van der Waals surface area (Å²) in [7, 11) is 0. The Morgan fingerprint density at radius 1 is 1.55 bits per heavy atom. The highest BCUT2D eigenvalue weighted by molar-refractivity contribution is 9.10. The van der Waals surface area contributed by atoms with Crippen LogP contribution < -0.4 is 0 Å². The van der Waals surface area contributed by atoms with Gasteiger partial charge in [-0.2, -0.15) is 5.26 Å². The molecule has 0 amide bonds. The van der Waals surface area contributed by atoms with E-state index in [0.717, 1.165) is 15.4 Å². The largest absolute Gasteiger partial charge is 0.443 e. The van der Waals surface area contributed by atoms with E-state index in [4.69, 9.17) is 10.00 Å². The maximum Gasteiger partial charge on any atom is 0.420 e. The lowest BCUT2D eigenvalue weighted by molar-refractivity contribution is 0.0543. The number of nitriles is 1. The van der Waals surface area contributed by atoms with E-state index in [9.17, 15) is 4.79 Å². The molecule has 2 aromatic rings. The Labute approximate surface area is 125 Å². The van der Waals surface area contributed by atoms with Crippen LogP contribution in [0.25, 0.3) is 11.0 Å². The molecule has 2 aromatic heterocycles. The molecular weight excluding hydrogens is 322 g/mol. The third kappa shape index (κ3) is 2.99. The highest BCUT2D eigenvalue weighted by Crippen LogP contribution is 2.24. The monoisotopic (exact) mass is 335 g/mol. The summed E-state index contributed by atoms with van der Waals surface area (Å²) in [6, 6.07) is 3.93. The van der Waals surface area contributed by atoms with Gasteiger partial charge in [-0.25, -0.2) is 14.3 Å². The molecule has 0 aliphatic rings. The molecule has 104 valence electrons. The summed E-state index contributed by atoms with van der Waals surface area (Å²) in [5, 5.41) is 9.65. The van der Waals surface area contributed by atoms with Crippen LogP contribution in [0.4, 0.5) is 4.79 Å². The third-order valence-electron chi connectivity index (χ3n) is 2.55. The van der Waals surface area contributed by atoms with Crippen LogP contribution in [0.1, 0.15) is 26.3 Å². The summed E-state index contributed by atoms with van der Waals surface area (Å²) in [5.41, 5.74) is 0.660. The summed E-state index contributed by atoms with van der Waals surface area (Å²) >= 11 is 3.34. The molecule has 0 spiro atoms. The molecule has 0 fully saturated rings. The molecule has 2 heterocycles. The highest BCUT2D eigenvalue weighted by Gasteiger charge is 2.21. The molecule has 0 radical (unpaired) electrons. The van der Waals surface area contributed by atoms with Crippen LogP contribution in [-0.2, 0) is 11.2 Å². The molecule has 0 aromatic carbocycles. The second kappa shape index (κ2) is 5.25. The summed E-state index contributed by atoms with van der Waals surface area (Å²) in [6.07, 6.45) is 2.94. The minimum Gasteiger partial charge on any atom is -0.443 e. The summed E-state index contributed by atoms with van der Waals surface area (Å²) in [4.78, 5) is 16.4. The number of aromatic nitrogens is 2.